The summed E-state index contributed by atoms with van der Waals surface area (Å²) in [5.41, 5.74) is 6.25. The number of carbonyl (C=O) groups excluding carboxylic acids is 1. The second kappa shape index (κ2) is 11.1. The molecule has 0 saturated heterocycles. The molecular formula is C11H22N4OS. The van der Waals surface area contributed by atoms with Gasteiger partial charge in [-0.1, -0.05) is 27.7 Å². The molecule has 1 rings (SSSR count). The van der Waals surface area contributed by atoms with Crippen molar-refractivity contribution in [2.75, 3.05) is 19.8 Å². The van der Waals surface area contributed by atoms with Crippen LogP contribution in [0.3, 0.4) is 0 Å². The van der Waals surface area contributed by atoms with E-state index >= 15 is 0 Å². The van der Waals surface area contributed by atoms with Crippen molar-refractivity contribution in [3.63, 3.8) is 0 Å². The summed E-state index contributed by atoms with van der Waals surface area (Å²) >= 11 is 1.28. The molecule has 1 aromatic heterocycles. The molecule has 0 bridgehead atoms. The highest BCUT2D eigenvalue weighted by Crippen LogP contribution is 2.11. The molecule has 0 aliphatic heterocycles. The number of rotatable bonds is 2. The van der Waals surface area contributed by atoms with Gasteiger partial charge in [-0.15, -0.1) is 11.3 Å². The summed E-state index contributed by atoms with van der Waals surface area (Å²) in [6, 6.07) is 0. The van der Waals surface area contributed by atoms with Crippen LogP contribution >= 0.6 is 11.3 Å². The lowest BCUT2D eigenvalue weighted by molar-refractivity contribution is -0.114. The van der Waals surface area contributed by atoms with E-state index in [4.69, 9.17) is 5.73 Å². The summed E-state index contributed by atoms with van der Waals surface area (Å²) in [5, 5.41) is 4.61. The number of nitrogens with one attached hydrogen (secondary N) is 1. The minimum absolute atomic E-state index is 0.257. The molecule has 3 N–H and O–H groups in total. The summed E-state index contributed by atoms with van der Waals surface area (Å²) in [6.07, 6.45) is 0. The van der Waals surface area contributed by atoms with E-state index in [0.29, 0.717) is 16.5 Å². The monoisotopic (exact) mass is 258 g/mol. The van der Waals surface area contributed by atoms with E-state index in [1.54, 1.807) is 19.5 Å². The number of hydrogen-bond acceptors (Lipinski definition) is 5. The van der Waals surface area contributed by atoms with Crippen LogP contribution in [0.1, 0.15) is 33.4 Å². The first-order valence-electron chi connectivity index (χ1n) is 5.59. The zero-order chi connectivity index (χ0) is 13.8. The maximum absolute atomic E-state index is 11.2. The summed E-state index contributed by atoms with van der Waals surface area (Å²) < 4.78 is 0. The number of thiazole rings is 1. The first-order valence-corrected chi connectivity index (χ1v) is 6.47. The van der Waals surface area contributed by atoms with E-state index in [1.807, 2.05) is 27.7 Å². The van der Waals surface area contributed by atoms with Crippen molar-refractivity contribution in [1.82, 2.24) is 10.3 Å². The third-order valence-corrected chi connectivity index (χ3v) is 2.10. The highest BCUT2D eigenvalue weighted by Gasteiger charge is 2.13. The van der Waals surface area contributed by atoms with Crippen molar-refractivity contribution in [3.8, 4) is 0 Å². The van der Waals surface area contributed by atoms with Gasteiger partial charge >= 0.3 is 0 Å². The van der Waals surface area contributed by atoms with E-state index in [-0.39, 0.29) is 5.91 Å². The Balaban J connectivity index is 0. The maximum Gasteiger partial charge on any atom is 0.271 e. The second-order valence-electron chi connectivity index (χ2n) is 2.22. The predicted octanol–water partition coefficient (Wildman–Crippen LogP) is 1.94. The maximum atomic E-state index is 11.2. The van der Waals surface area contributed by atoms with Crippen LogP contribution in [0.2, 0.25) is 0 Å². The van der Waals surface area contributed by atoms with E-state index in [9.17, 15) is 4.79 Å². The molecule has 0 spiro atoms. The third kappa shape index (κ3) is 6.01. The first-order chi connectivity index (χ1) is 8.19. The number of hydrogen-bond donors (Lipinski definition) is 2. The van der Waals surface area contributed by atoms with Crippen LogP contribution in [-0.4, -0.2) is 30.7 Å². The van der Waals surface area contributed by atoms with Gasteiger partial charge in [-0.05, 0) is 0 Å². The molecule has 0 saturated carbocycles. The number of aromatic nitrogens is 1. The van der Waals surface area contributed by atoms with Crippen molar-refractivity contribution in [2.45, 2.75) is 27.7 Å². The molecule has 1 aromatic rings. The molecule has 0 fully saturated rings. The number of carbonyl (C=O) groups is 1. The summed E-state index contributed by atoms with van der Waals surface area (Å²) in [4.78, 5) is 19.0. The zero-order valence-electron chi connectivity index (χ0n) is 11.4. The molecule has 6 heteroatoms. The van der Waals surface area contributed by atoms with Crippen molar-refractivity contribution >= 4 is 28.1 Å². The van der Waals surface area contributed by atoms with Crippen LogP contribution in [0.4, 0.5) is 5.13 Å². The Morgan fingerprint density at radius 3 is 2.24 bits per heavy atom. The fourth-order valence-corrected chi connectivity index (χ4v) is 1.39. The fourth-order valence-electron chi connectivity index (χ4n) is 0.847. The van der Waals surface area contributed by atoms with Crippen LogP contribution in [-0.2, 0) is 4.79 Å². The first kappa shape index (κ1) is 17.9. The molecule has 0 unspecified atom stereocenters. The molecule has 0 aliphatic carbocycles. The van der Waals surface area contributed by atoms with Crippen molar-refractivity contribution in [2.24, 2.45) is 4.99 Å². The number of nitrogens with zero attached hydrogens (tertiary/aromatic N) is 2. The molecular weight excluding hydrogens is 236 g/mol. The van der Waals surface area contributed by atoms with Gasteiger partial charge in [-0.25, -0.2) is 4.98 Å². The lowest BCUT2D eigenvalue weighted by atomic mass is 10.3. The van der Waals surface area contributed by atoms with Gasteiger partial charge in [0.1, 0.15) is 11.4 Å². The van der Waals surface area contributed by atoms with Gasteiger partial charge in [-0.2, -0.15) is 0 Å². The Bertz CT molecular complexity index is 347. The molecule has 0 aliphatic rings. The quantitative estimate of drug-likeness (QED) is 0.795. The average molecular weight is 258 g/mol. The molecule has 1 amide bonds. The molecule has 0 radical (unpaired) electrons. The minimum atomic E-state index is -0.257. The van der Waals surface area contributed by atoms with E-state index in [2.05, 4.69) is 15.3 Å². The molecule has 98 valence electrons. The van der Waals surface area contributed by atoms with Gasteiger partial charge < -0.3 is 11.1 Å². The molecule has 5 nitrogen and oxygen atoms in total. The van der Waals surface area contributed by atoms with Gasteiger partial charge in [0.05, 0.1) is 0 Å². The average Bonchev–Trinajstić information content (AvgIpc) is 2.81. The Morgan fingerprint density at radius 1 is 1.41 bits per heavy atom. The normalized spacial score (nSPS) is 9.41. The number of likely N-dealkylation sites (N-methyl/N-ethyl adjacent to an activating group) is 1. The highest BCUT2D eigenvalue weighted by atomic mass is 32.1. The number of aliphatic imine (C=N–C) groups is 1. The number of anilines is 1. The second-order valence-corrected chi connectivity index (χ2v) is 3.11. The highest BCUT2D eigenvalue weighted by molar-refractivity contribution is 7.13. The van der Waals surface area contributed by atoms with Gasteiger partial charge in [0.15, 0.2) is 5.13 Å². The van der Waals surface area contributed by atoms with Crippen LogP contribution in [0.15, 0.2) is 10.4 Å². The van der Waals surface area contributed by atoms with Gasteiger partial charge in [0, 0.05) is 19.5 Å². The third-order valence-electron chi connectivity index (χ3n) is 1.43. The van der Waals surface area contributed by atoms with Crippen LogP contribution in [0.5, 0.6) is 0 Å². The Kier molecular flexibility index (Phi) is 11.7. The van der Waals surface area contributed by atoms with E-state index in [0.717, 1.165) is 0 Å². The van der Waals surface area contributed by atoms with Gasteiger partial charge in [0.2, 0.25) is 0 Å². The van der Waals surface area contributed by atoms with Crippen LogP contribution in [0, 0.1) is 0 Å². The van der Waals surface area contributed by atoms with Gasteiger partial charge in [-0.3, -0.25) is 9.79 Å². The predicted molar refractivity (Wildman–Crippen MR) is 75.8 cm³/mol. The minimum Gasteiger partial charge on any atom is -0.375 e. The Hall–Kier alpha value is -1.43. The number of nitrogen functional groups attached to an aromatic ring is 1. The Labute approximate surface area is 107 Å². The van der Waals surface area contributed by atoms with Crippen molar-refractivity contribution in [1.29, 1.82) is 0 Å². The van der Waals surface area contributed by atoms with Crippen LogP contribution < -0.4 is 11.1 Å². The van der Waals surface area contributed by atoms with Crippen molar-refractivity contribution < 1.29 is 4.79 Å². The summed E-state index contributed by atoms with van der Waals surface area (Å²) in [5.74, 6) is -0.257. The molecule has 0 atom stereocenters. The van der Waals surface area contributed by atoms with Crippen LogP contribution in [0.25, 0.3) is 0 Å². The molecule has 17 heavy (non-hydrogen) atoms. The Morgan fingerprint density at radius 2 is 1.94 bits per heavy atom. The van der Waals surface area contributed by atoms with E-state index in [1.165, 1.54) is 11.3 Å². The van der Waals surface area contributed by atoms with Gasteiger partial charge in [0.25, 0.3) is 5.91 Å². The lowest BCUT2D eigenvalue weighted by Gasteiger charge is -1.98. The largest absolute Gasteiger partial charge is 0.375 e. The molecule has 0 aromatic carbocycles. The molecule has 1 heterocycles. The number of amides is 1. The lowest BCUT2D eigenvalue weighted by Crippen LogP contribution is -2.28. The summed E-state index contributed by atoms with van der Waals surface area (Å²) in [6.45, 7) is 8.00. The number of nitrogens with two attached hydrogens (primary N) is 1. The standard InChI is InChI=1S/C7H10N4OS.2C2H6/c1-9-5(6(12)10-2)4-3-13-7(8)11-4;2*1-2/h3H,1-2H3,(H2,8,11)(H,10,12);2*1-2H3. The fraction of sp³-hybridized carbons (Fsp3) is 0.545. The zero-order valence-corrected chi connectivity index (χ0v) is 12.2. The van der Waals surface area contributed by atoms with E-state index < -0.39 is 0 Å². The topological polar surface area (TPSA) is 80.4 Å². The smallest absolute Gasteiger partial charge is 0.271 e. The SMILES string of the molecule is CC.CC.CN=C(C(=O)NC)c1csc(N)n1. The van der Waals surface area contributed by atoms with Crippen molar-refractivity contribution in [3.05, 3.63) is 11.1 Å². The summed E-state index contributed by atoms with van der Waals surface area (Å²) in [7, 11) is 3.09.